The highest BCUT2D eigenvalue weighted by atomic mass is 35.5. The van der Waals surface area contributed by atoms with Gasteiger partial charge in [-0.1, -0.05) is 23.9 Å². The molecule has 3 rings (SSSR count). The molecule has 3 N–H and O–H groups in total. The van der Waals surface area contributed by atoms with Gasteiger partial charge in [-0.2, -0.15) is 0 Å². The first kappa shape index (κ1) is 17.5. The molecule has 1 saturated carbocycles. The highest BCUT2D eigenvalue weighted by Gasteiger charge is 2.41. The van der Waals surface area contributed by atoms with E-state index in [-0.39, 0.29) is 23.9 Å². The minimum Gasteiger partial charge on any atom is -0.349 e. The number of halogens is 1. The average Bonchev–Trinajstić information content (AvgIpc) is 3.25. The van der Waals surface area contributed by atoms with Crippen molar-refractivity contribution in [3.63, 3.8) is 0 Å². The number of hydrogen-bond donors (Lipinski definition) is 2. The van der Waals surface area contributed by atoms with Gasteiger partial charge in [0.05, 0.1) is 21.5 Å². The summed E-state index contributed by atoms with van der Waals surface area (Å²) in [5.74, 6) is 0.972. The van der Waals surface area contributed by atoms with Crippen LogP contribution in [0, 0.1) is 5.92 Å². The summed E-state index contributed by atoms with van der Waals surface area (Å²) >= 11 is 3.12. The molecule has 0 aliphatic heterocycles. The third-order valence-corrected chi connectivity index (χ3v) is 6.11. The maximum Gasteiger partial charge on any atom is 0.230 e. The number of nitrogens with two attached hydrogens (primary N) is 1. The lowest BCUT2D eigenvalue weighted by atomic mass is 9.96. The number of carbonyl (C=O) groups is 1. The number of para-hydroxylation sites is 1. The molecule has 1 aromatic heterocycles. The molecule has 1 aliphatic rings. The monoisotopic (exact) mass is 357 g/mol. The number of fused-ring (bicyclic) bond motifs is 1. The molecule has 0 saturated heterocycles. The molecule has 7 heteroatoms. The molecule has 2 aromatic rings. The van der Waals surface area contributed by atoms with E-state index in [0.717, 1.165) is 14.6 Å². The lowest BCUT2D eigenvalue weighted by Crippen LogP contribution is -2.53. The topological polar surface area (TPSA) is 68.0 Å². The largest absolute Gasteiger partial charge is 0.349 e. The number of rotatable bonds is 6. The van der Waals surface area contributed by atoms with Crippen molar-refractivity contribution < 1.29 is 4.79 Å². The minimum atomic E-state index is -0.245. The summed E-state index contributed by atoms with van der Waals surface area (Å²) in [6.45, 7) is 2.54. The molecule has 1 amide bonds. The van der Waals surface area contributed by atoms with Crippen molar-refractivity contribution in [2.45, 2.75) is 29.6 Å². The molecule has 1 atom stereocenters. The van der Waals surface area contributed by atoms with E-state index < -0.39 is 0 Å². The van der Waals surface area contributed by atoms with Crippen molar-refractivity contribution in [2.24, 2.45) is 11.7 Å². The van der Waals surface area contributed by atoms with Gasteiger partial charge in [0.1, 0.15) is 0 Å². The van der Waals surface area contributed by atoms with Crippen LogP contribution in [0.4, 0.5) is 0 Å². The molecule has 0 bridgehead atoms. The van der Waals surface area contributed by atoms with Crippen molar-refractivity contribution in [1.29, 1.82) is 0 Å². The Bertz CT molecular complexity index is 626. The van der Waals surface area contributed by atoms with Gasteiger partial charge in [0.25, 0.3) is 0 Å². The lowest BCUT2D eigenvalue weighted by Gasteiger charge is -2.29. The Kier molecular flexibility index (Phi) is 5.71. The predicted octanol–water partition coefficient (Wildman–Crippen LogP) is 3.05. The summed E-state index contributed by atoms with van der Waals surface area (Å²) in [5.41, 5.74) is 6.57. The number of nitrogens with zero attached hydrogens (tertiary/aromatic N) is 1. The zero-order valence-corrected chi connectivity index (χ0v) is 14.8. The molecule has 120 valence electrons. The first-order valence-corrected chi connectivity index (χ1v) is 8.90. The van der Waals surface area contributed by atoms with Gasteiger partial charge in [-0.15, -0.1) is 23.7 Å². The molecular formula is C15H20ClN3OS2. The number of aromatic nitrogens is 1. The Morgan fingerprint density at radius 2 is 2.23 bits per heavy atom. The summed E-state index contributed by atoms with van der Waals surface area (Å²) < 4.78 is 2.09. The summed E-state index contributed by atoms with van der Waals surface area (Å²) in [6, 6.07) is 8.03. The molecule has 0 radical (unpaired) electrons. The average molecular weight is 358 g/mol. The zero-order valence-electron chi connectivity index (χ0n) is 12.4. The van der Waals surface area contributed by atoms with Crippen LogP contribution in [-0.2, 0) is 4.79 Å². The molecule has 22 heavy (non-hydrogen) atoms. The van der Waals surface area contributed by atoms with Crippen molar-refractivity contribution in [3.8, 4) is 0 Å². The van der Waals surface area contributed by atoms with E-state index in [4.69, 9.17) is 5.73 Å². The molecule has 4 nitrogen and oxygen atoms in total. The number of nitrogens with one attached hydrogen (secondary N) is 1. The second-order valence-corrected chi connectivity index (χ2v) is 7.93. The van der Waals surface area contributed by atoms with Crippen molar-refractivity contribution >= 4 is 51.6 Å². The Hall–Kier alpha value is -0.820. The fraction of sp³-hybridized carbons (Fsp3) is 0.467. The Morgan fingerprint density at radius 1 is 1.50 bits per heavy atom. The quantitative estimate of drug-likeness (QED) is 0.780. The van der Waals surface area contributed by atoms with Gasteiger partial charge in [-0.05, 0) is 37.8 Å². The maximum absolute atomic E-state index is 12.1. The molecule has 0 spiro atoms. The van der Waals surface area contributed by atoms with Gasteiger partial charge in [-0.25, -0.2) is 4.98 Å². The third kappa shape index (κ3) is 3.93. The Morgan fingerprint density at radius 3 is 2.86 bits per heavy atom. The first-order valence-electron chi connectivity index (χ1n) is 7.10. The number of benzene rings is 1. The smallest absolute Gasteiger partial charge is 0.230 e. The predicted molar refractivity (Wildman–Crippen MR) is 95.9 cm³/mol. The highest BCUT2D eigenvalue weighted by molar-refractivity contribution is 8.01. The van der Waals surface area contributed by atoms with Crippen LogP contribution in [0.5, 0.6) is 0 Å². The molecular weight excluding hydrogens is 338 g/mol. The van der Waals surface area contributed by atoms with Crippen molar-refractivity contribution in [3.05, 3.63) is 24.3 Å². The summed E-state index contributed by atoms with van der Waals surface area (Å²) in [4.78, 5) is 16.7. The van der Waals surface area contributed by atoms with Crippen molar-refractivity contribution in [1.82, 2.24) is 10.3 Å². The Balaban J connectivity index is 0.00000176. The number of hydrogen-bond acceptors (Lipinski definition) is 5. The zero-order chi connectivity index (χ0) is 14.9. The normalized spacial score (nSPS) is 16.8. The van der Waals surface area contributed by atoms with Crippen LogP contribution in [0.2, 0.25) is 0 Å². The van der Waals surface area contributed by atoms with Crippen LogP contribution in [0.1, 0.15) is 19.8 Å². The maximum atomic E-state index is 12.1. The van der Waals surface area contributed by atoms with Crippen LogP contribution in [0.25, 0.3) is 10.2 Å². The van der Waals surface area contributed by atoms with E-state index in [9.17, 15) is 4.79 Å². The Labute approximate surface area is 144 Å². The lowest BCUT2D eigenvalue weighted by molar-refractivity contribution is -0.120. The van der Waals surface area contributed by atoms with E-state index in [2.05, 4.69) is 16.4 Å². The first-order chi connectivity index (χ1) is 10.1. The summed E-state index contributed by atoms with van der Waals surface area (Å²) in [7, 11) is 0. The number of thioether (sulfide) groups is 1. The molecule has 1 heterocycles. The van der Waals surface area contributed by atoms with Gasteiger partial charge >= 0.3 is 0 Å². The SMILES string of the molecule is CC(CN)(NC(=O)CSc1nc2ccccc2s1)C1CC1.Cl. The number of amides is 1. The minimum absolute atomic E-state index is 0. The van der Waals surface area contributed by atoms with Gasteiger partial charge in [0.2, 0.25) is 5.91 Å². The number of carbonyl (C=O) groups excluding carboxylic acids is 1. The molecule has 1 aliphatic carbocycles. The standard InChI is InChI=1S/C15H19N3OS2.ClH/c1-15(9-16,10-6-7-10)18-13(19)8-20-14-17-11-4-2-3-5-12(11)21-14;/h2-5,10H,6-9,16H2,1H3,(H,18,19);1H. The van der Waals surface area contributed by atoms with Crippen LogP contribution >= 0.6 is 35.5 Å². The molecule has 1 aromatic carbocycles. The third-order valence-electron chi connectivity index (χ3n) is 3.93. The second-order valence-electron chi connectivity index (χ2n) is 5.68. The second kappa shape index (κ2) is 7.17. The van der Waals surface area contributed by atoms with Crippen molar-refractivity contribution in [2.75, 3.05) is 12.3 Å². The fourth-order valence-corrected chi connectivity index (χ4v) is 4.30. The molecule has 1 unspecified atom stereocenters. The van der Waals surface area contributed by atoms with Gasteiger partial charge in [0.15, 0.2) is 4.34 Å². The van der Waals surface area contributed by atoms with Crippen LogP contribution in [-0.4, -0.2) is 28.7 Å². The van der Waals surface area contributed by atoms with Crippen LogP contribution in [0.15, 0.2) is 28.6 Å². The van der Waals surface area contributed by atoms with E-state index >= 15 is 0 Å². The summed E-state index contributed by atoms with van der Waals surface area (Å²) in [5, 5.41) is 3.10. The van der Waals surface area contributed by atoms with Crippen LogP contribution in [0.3, 0.4) is 0 Å². The van der Waals surface area contributed by atoms with E-state index in [0.29, 0.717) is 18.2 Å². The number of thiazole rings is 1. The fourth-order valence-electron chi connectivity index (χ4n) is 2.43. The van der Waals surface area contributed by atoms with E-state index in [1.54, 1.807) is 11.3 Å². The molecule has 1 fully saturated rings. The van der Waals surface area contributed by atoms with Gasteiger partial charge in [0, 0.05) is 6.54 Å². The summed E-state index contributed by atoms with van der Waals surface area (Å²) in [6.07, 6.45) is 2.33. The van der Waals surface area contributed by atoms with Crippen LogP contribution < -0.4 is 11.1 Å². The van der Waals surface area contributed by atoms with Gasteiger partial charge in [-0.3, -0.25) is 4.79 Å². The van der Waals surface area contributed by atoms with E-state index in [1.807, 2.05) is 25.1 Å². The highest BCUT2D eigenvalue weighted by Crippen LogP contribution is 2.39. The van der Waals surface area contributed by atoms with Gasteiger partial charge < -0.3 is 11.1 Å². The van der Waals surface area contributed by atoms with E-state index in [1.165, 1.54) is 24.6 Å².